The Hall–Kier alpha value is -1.69. The van der Waals surface area contributed by atoms with Crippen molar-refractivity contribution in [2.75, 3.05) is 12.3 Å². The third-order valence-corrected chi connectivity index (χ3v) is 1.80. The second-order valence-electron chi connectivity index (χ2n) is 2.94. The molecule has 3 heteroatoms. The number of rotatable bonds is 3. The summed E-state index contributed by atoms with van der Waals surface area (Å²) in [6, 6.07) is 2.82. The van der Waals surface area contributed by atoms with Crippen molar-refractivity contribution >= 4 is 5.69 Å². The Kier molecular flexibility index (Phi) is 3.35. The van der Waals surface area contributed by atoms with Gasteiger partial charge < -0.3 is 10.5 Å². The fourth-order valence-electron chi connectivity index (χ4n) is 1.03. The van der Waals surface area contributed by atoms with Crippen molar-refractivity contribution in [1.29, 1.82) is 0 Å². The third-order valence-electron chi connectivity index (χ3n) is 1.80. The van der Waals surface area contributed by atoms with Crippen molar-refractivity contribution in [3.05, 3.63) is 23.5 Å². The lowest BCUT2D eigenvalue weighted by atomic mass is 10.2. The summed E-state index contributed by atoms with van der Waals surface area (Å²) in [7, 11) is 0. The molecule has 0 saturated carbocycles. The molecule has 0 heterocycles. The van der Waals surface area contributed by atoms with E-state index in [2.05, 4.69) is 5.92 Å². The Morgan fingerprint density at radius 2 is 2.29 bits per heavy atom. The van der Waals surface area contributed by atoms with Gasteiger partial charge in [0.15, 0.2) is 0 Å². The number of nitrogen functional groups attached to an aromatic ring is 1. The molecule has 0 aliphatic rings. The quantitative estimate of drug-likeness (QED) is 0.453. The van der Waals surface area contributed by atoms with Gasteiger partial charge in [-0.25, -0.2) is 4.39 Å². The number of ether oxygens (including phenoxy) is 1. The monoisotopic (exact) mass is 193 g/mol. The van der Waals surface area contributed by atoms with Gasteiger partial charge in [0.25, 0.3) is 0 Å². The first-order valence-corrected chi connectivity index (χ1v) is 4.27. The Morgan fingerprint density at radius 3 is 2.93 bits per heavy atom. The molecular weight excluding hydrogens is 181 g/mol. The highest BCUT2D eigenvalue weighted by molar-refractivity contribution is 5.54. The first kappa shape index (κ1) is 10.4. The van der Waals surface area contributed by atoms with Crippen LogP contribution in [0.3, 0.4) is 0 Å². The zero-order valence-electron chi connectivity index (χ0n) is 8.01. The SMILES string of the molecule is C#CCCOc1cc(F)c(C)cc1N. The molecule has 0 spiro atoms. The highest BCUT2D eigenvalue weighted by Crippen LogP contribution is 2.24. The van der Waals surface area contributed by atoms with Crippen LogP contribution in [-0.2, 0) is 0 Å². The van der Waals surface area contributed by atoms with Crippen molar-refractivity contribution < 1.29 is 9.13 Å². The molecule has 0 aromatic heterocycles. The molecule has 0 fully saturated rings. The van der Waals surface area contributed by atoms with Gasteiger partial charge in [-0.1, -0.05) is 0 Å². The minimum Gasteiger partial charge on any atom is -0.490 e. The largest absolute Gasteiger partial charge is 0.490 e. The fourth-order valence-corrected chi connectivity index (χ4v) is 1.03. The number of benzene rings is 1. The molecule has 1 aromatic rings. The summed E-state index contributed by atoms with van der Waals surface area (Å²) in [5.74, 6) is 2.45. The van der Waals surface area contributed by atoms with Gasteiger partial charge in [-0.2, -0.15) is 0 Å². The summed E-state index contributed by atoms with van der Waals surface area (Å²) in [6.45, 7) is 2.00. The average molecular weight is 193 g/mol. The second-order valence-corrected chi connectivity index (χ2v) is 2.94. The van der Waals surface area contributed by atoms with Crippen LogP contribution in [0.15, 0.2) is 12.1 Å². The number of hydrogen-bond donors (Lipinski definition) is 1. The lowest BCUT2D eigenvalue weighted by Gasteiger charge is -2.08. The highest BCUT2D eigenvalue weighted by Gasteiger charge is 2.05. The molecule has 1 rings (SSSR count). The van der Waals surface area contributed by atoms with E-state index in [1.807, 2.05) is 0 Å². The minimum absolute atomic E-state index is 0.324. The molecule has 0 unspecified atom stereocenters. The molecule has 2 nitrogen and oxygen atoms in total. The molecule has 0 aliphatic heterocycles. The molecule has 14 heavy (non-hydrogen) atoms. The van der Waals surface area contributed by atoms with E-state index in [-0.39, 0.29) is 5.82 Å². The van der Waals surface area contributed by atoms with Crippen LogP contribution < -0.4 is 10.5 Å². The van der Waals surface area contributed by atoms with Crippen LogP contribution in [0.2, 0.25) is 0 Å². The molecule has 2 N–H and O–H groups in total. The Morgan fingerprint density at radius 1 is 1.57 bits per heavy atom. The Balaban J connectivity index is 2.78. The minimum atomic E-state index is -0.324. The third kappa shape index (κ3) is 2.40. The second kappa shape index (κ2) is 4.52. The van der Waals surface area contributed by atoms with E-state index in [1.54, 1.807) is 13.0 Å². The fraction of sp³-hybridized carbons (Fsp3) is 0.273. The van der Waals surface area contributed by atoms with Gasteiger partial charge in [-0.15, -0.1) is 12.3 Å². The Bertz CT molecular complexity index is 368. The lowest BCUT2D eigenvalue weighted by Crippen LogP contribution is -2.01. The lowest BCUT2D eigenvalue weighted by molar-refractivity contribution is 0.327. The zero-order valence-corrected chi connectivity index (χ0v) is 8.01. The van der Waals surface area contributed by atoms with Gasteiger partial charge in [0.1, 0.15) is 11.6 Å². The van der Waals surface area contributed by atoms with Crippen LogP contribution in [0.1, 0.15) is 12.0 Å². The maximum Gasteiger partial charge on any atom is 0.145 e. The van der Waals surface area contributed by atoms with E-state index in [0.29, 0.717) is 30.0 Å². The van der Waals surface area contributed by atoms with E-state index in [9.17, 15) is 4.39 Å². The molecule has 0 radical (unpaired) electrons. The van der Waals surface area contributed by atoms with Crippen molar-refractivity contribution in [2.45, 2.75) is 13.3 Å². The van der Waals surface area contributed by atoms with Crippen LogP contribution in [0.5, 0.6) is 5.75 Å². The molecule has 0 atom stereocenters. The van der Waals surface area contributed by atoms with E-state index >= 15 is 0 Å². The predicted molar refractivity (Wildman–Crippen MR) is 54.5 cm³/mol. The molecule has 74 valence electrons. The summed E-state index contributed by atoms with van der Waals surface area (Å²) in [5, 5.41) is 0. The number of hydrogen-bond acceptors (Lipinski definition) is 2. The molecule has 1 aromatic carbocycles. The van der Waals surface area contributed by atoms with Crippen molar-refractivity contribution in [3.63, 3.8) is 0 Å². The van der Waals surface area contributed by atoms with Gasteiger partial charge in [0, 0.05) is 12.5 Å². The van der Waals surface area contributed by atoms with Crippen molar-refractivity contribution in [2.24, 2.45) is 0 Å². The molecular formula is C11H12FNO. The summed E-state index contributed by atoms with van der Waals surface area (Å²) in [6.07, 6.45) is 5.53. The van der Waals surface area contributed by atoms with Crippen LogP contribution in [0, 0.1) is 25.1 Å². The maximum absolute atomic E-state index is 13.1. The number of anilines is 1. The average Bonchev–Trinajstić information content (AvgIpc) is 2.14. The zero-order chi connectivity index (χ0) is 10.6. The summed E-state index contributed by atoms with van der Waals surface area (Å²) >= 11 is 0. The van der Waals surface area contributed by atoms with E-state index < -0.39 is 0 Å². The molecule has 0 bridgehead atoms. The van der Waals surface area contributed by atoms with Gasteiger partial charge in [-0.3, -0.25) is 0 Å². The van der Waals surface area contributed by atoms with Crippen LogP contribution in [0.4, 0.5) is 10.1 Å². The smallest absolute Gasteiger partial charge is 0.145 e. The van der Waals surface area contributed by atoms with E-state index in [0.717, 1.165) is 0 Å². The molecule has 0 amide bonds. The summed E-state index contributed by atoms with van der Waals surface area (Å²) in [5.41, 5.74) is 6.57. The van der Waals surface area contributed by atoms with E-state index in [4.69, 9.17) is 16.9 Å². The van der Waals surface area contributed by atoms with Gasteiger partial charge >= 0.3 is 0 Å². The summed E-state index contributed by atoms with van der Waals surface area (Å²) < 4.78 is 18.3. The van der Waals surface area contributed by atoms with Gasteiger partial charge in [0.05, 0.1) is 12.3 Å². The first-order valence-electron chi connectivity index (χ1n) is 4.27. The Labute approximate surface area is 82.9 Å². The van der Waals surface area contributed by atoms with Crippen LogP contribution in [0.25, 0.3) is 0 Å². The topological polar surface area (TPSA) is 35.2 Å². The number of terminal acetylenes is 1. The number of nitrogens with two attached hydrogens (primary N) is 1. The molecule has 0 saturated heterocycles. The van der Waals surface area contributed by atoms with Crippen molar-refractivity contribution in [3.8, 4) is 18.1 Å². The maximum atomic E-state index is 13.1. The normalized spacial score (nSPS) is 9.50. The van der Waals surface area contributed by atoms with Crippen molar-refractivity contribution in [1.82, 2.24) is 0 Å². The number of halogens is 1. The predicted octanol–water partition coefficient (Wildman–Crippen LogP) is 2.12. The van der Waals surface area contributed by atoms with Crippen LogP contribution in [-0.4, -0.2) is 6.61 Å². The van der Waals surface area contributed by atoms with Gasteiger partial charge in [-0.05, 0) is 18.6 Å². The van der Waals surface area contributed by atoms with E-state index in [1.165, 1.54) is 6.07 Å². The standard InChI is InChI=1S/C11H12FNO/c1-3-4-5-14-11-7-9(12)8(2)6-10(11)13/h1,6-7H,4-5,13H2,2H3. The molecule has 0 aliphatic carbocycles. The summed E-state index contributed by atoms with van der Waals surface area (Å²) in [4.78, 5) is 0. The van der Waals surface area contributed by atoms with Crippen LogP contribution >= 0.6 is 0 Å². The van der Waals surface area contributed by atoms with Gasteiger partial charge in [0.2, 0.25) is 0 Å². The highest BCUT2D eigenvalue weighted by atomic mass is 19.1. The number of aryl methyl sites for hydroxylation is 1. The first-order chi connectivity index (χ1) is 6.65.